The van der Waals surface area contributed by atoms with Gasteiger partial charge < -0.3 is 10.2 Å². The lowest BCUT2D eigenvalue weighted by atomic mass is 10.0. The summed E-state index contributed by atoms with van der Waals surface area (Å²) in [4.78, 5) is 13.7. The lowest BCUT2D eigenvalue weighted by molar-refractivity contribution is -0.133. The molecule has 0 aromatic heterocycles. The van der Waals surface area contributed by atoms with E-state index >= 15 is 0 Å². The lowest BCUT2D eigenvalue weighted by Gasteiger charge is -2.35. The Bertz CT molecular complexity index is 201. The van der Waals surface area contributed by atoms with E-state index in [0.717, 1.165) is 25.9 Å². The number of likely N-dealkylation sites (N-methyl/N-ethyl adjacent to an activating group) is 1. The molecule has 3 heteroatoms. The van der Waals surface area contributed by atoms with E-state index in [1.807, 2.05) is 11.9 Å². The number of likely N-dealkylation sites (tertiary alicyclic amines) is 1. The van der Waals surface area contributed by atoms with Crippen molar-refractivity contribution in [1.82, 2.24) is 10.2 Å². The predicted molar refractivity (Wildman–Crippen MR) is 58.1 cm³/mol. The Morgan fingerprint density at radius 2 is 2.43 bits per heavy atom. The van der Waals surface area contributed by atoms with E-state index < -0.39 is 0 Å². The van der Waals surface area contributed by atoms with Crippen LogP contribution in [0.1, 0.15) is 25.7 Å². The molecule has 1 fully saturated rings. The standard InChI is InChI=1S/C11H20N2O/c1-3-6-11(14)13-8-5-4-7-10(13)9-12-2/h3,10,12H,1,4-9H2,2H3. The third-order valence-electron chi connectivity index (χ3n) is 2.71. The molecule has 1 unspecified atom stereocenters. The van der Waals surface area contributed by atoms with E-state index in [-0.39, 0.29) is 5.91 Å². The first-order chi connectivity index (χ1) is 6.79. The SMILES string of the molecule is C=CCC(=O)N1CCCCC1CNC. The minimum absolute atomic E-state index is 0.222. The van der Waals surface area contributed by atoms with Crippen LogP contribution in [-0.2, 0) is 4.79 Å². The largest absolute Gasteiger partial charge is 0.338 e. The molecule has 1 aliphatic heterocycles. The van der Waals surface area contributed by atoms with Gasteiger partial charge >= 0.3 is 0 Å². The molecule has 1 rings (SSSR count). The summed E-state index contributed by atoms with van der Waals surface area (Å²) in [5.41, 5.74) is 0. The molecule has 1 amide bonds. The molecule has 0 saturated carbocycles. The van der Waals surface area contributed by atoms with Gasteiger partial charge in [-0.25, -0.2) is 0 Å². The van der Waals surface area contributed by atoms with Crippen LogP contribution in [0.15, 0.2) is 12.7 Å². The highest BCUT2D eigenvalue weighted by molar-refractivity contribution is 5.78. The van der Waals surface area contributed by atoms with Gasteiger partial charge in [0.05, 0.1) is 0 Å². The minimum Gasteiger partial charge on any atom is -0.338 e. The highest BCUT2D eigenvalue weighted by Crippen LogP contribution is 2.17. The minimum atomic E-state index is 0.222. The van der Waals surface area contributed by atoms with Crippen LogP contribution < -0.4 is 5.32 Å². The first-order valence-corrected chi connectivity index (χ1v) is 5.34. The fourth-order valence-corrected chi connectivity index (χ4v) is 2.02. The summed E-state index contributed by atoms with van der Waals surface area (Å²) in [5, 5.41) is 3.14. The molecule has 3 nitrogen and oxygen atoms in total. The number of rotatable bonds is 4. The summed E-state index contributed by atoms with van der Waals surface area (Å²) in [6, 6.07) is 0.390. The first-order valence-electron chi connectivity index (χ1n) is 5.34. The fourth-order valence-electron chi connectivity index (χ4n) is 2.02. The molecule has 14 heavy (non-hydrogen) atoms. The van der Waals surface area contributed by atoms with Crippen molar-refractivity contribution in [2.24, 2.45) is 0 Å². The quantitative estimate of drug-likeness (QED) is 0.684. The topological polar surface area (TPSA) is 32.3 Å². The summed E-state index contributed by atoms with van der Waals surface area (Å²) in [6.07, 6.45) is 5.67. The summed E-state index contributed by atoms with van der Waals surface area (Å²) in [5.74, 6) is 0.222. The second-order valence-electron chi connectivity index (χ2n) is 3.79. The van der Waals surface area contributed by atoms with Gasteiger partial charge in [-0.15, -0.1) is 6.58 Å². The molecule has 1 saturated heterocycles. The molecule has 0 spiro atoms. The van der Waals surface area contributed by atoms with Crippen LogP contribution in [0.25, 0.3) is 0 Å². The Balaban J connectivity index is 2.52. The molecule has 1 heterocycles. The third-order valence-corrected chi connectivity index (χ3v) is 2.71. The summed E-state index contributed by atoms with van der Waals surface area (Å²) >= 11 is 0. The number of hydrogen-bond donors (Lipinski definition) is 1. The average molecular weight is 196 g/mol. The number of nitrogens with one attached hydrogen (secondary N) is 1. The highest BCUT2D eigenvalue weighted by atomic mass is 16.2. The van der Waals surface area contributed by atoms with Crippen molar-refractivity contribution in [3.8, 4) is 0 Å². The maximum Gasteiger partial charge on any atom is 0.226 e. The number of nitrogens with zero attached hydrogens (tertiary/aromatic N) is 1. The van der Waals surface area contributed by atoms with Crippen molar-refractivity contribution in [3.63, 3.8) is 0 Å². The number of piperidine rings is 1. The number of carbonyl (C=O) groups is 1. The lowest BCUT2D eigenvalue weighted by Crippen LogP contribution is -2.47. The molecular weight excluding hydrogens is 176 g/mol. The van der Waals surface area contributed by atoms with Crippen LogP contribution in [-0.4, -0.2) is 37.0 Å². The van der Waals surface area contributed by atoms with Crippen LogP contribution in [0, 0.1) is 0 Å². The van der Waals surface area contributed by atoms with E-state index in [2.05, 4.69) is 11.9 Å². The Labute approximate surface area is 86.2 Å². The van der Waals surface area contributed by atoms with Crippen molar-refractivity contribution in [1.29, 1.82) is 0 Å². The number of carbonyl (C=O) groups excluding carboxylic acids is 1. The van der Waals surface area contributed by atoms with E-state index in [4.69, 9.17) is 0 Å². The molecule has 0 bridgehead atoms. The molecule has 0 aromatic carbocycles. The molecule has 1 N–H and O–H groups in total. The molecule has 1 aliphatic rings. The van der Waals surface area contributed by atoms with Gasteiger partial charge in [-0.05, 0) is 26.3 Å². The van der Waals surface area contributed by atoms with Crippen LogP contribution in [0.3, 0.4) is 0 Å². The maximum atomic E-state index is 11.7. The normalized spacial score (nSPS) is 22.1. The number of hydrogen-bond acceptors (Lipinski definition) is 2. The molecule has 1 atom stereocenters. The van der Waals surface area contributed by atoms with Gasteiger partial charge in [0.2, 0.25) is 5.91 Å². The molecule has 80 valence electrons. The van der Waals surface area contributed by atoms with Gasteiger partial charge in [0.15, 0.2) is 0 Å². The average Bonchev–Trinajstić information content (AvgIpc) is 2.19. The van der Waals surface area contributed by atoms with Gasteiger partial charge in [0.1, 0.15) is 0 Å². The smallest absolute Gasteiger partial charge is 0.226 e. The maximum absolute atomic E-state index is 11.7. The van der Waals surface area contributed by atoms with E-state index in [1.165, 1.54) is 6.42 Å². The first kappa shape index (κ1) is 11.2. The van der Waals surface area contributed by atoms with Gasteiger partial charge in [-0.1, -0.05) is 6.08 Å². The Kier molecular flexibility index (Phi) is 4.66. The van der Waals surface area contributed by atoms with Gasteiger partial charge in [-0.3, -0.25) is 4.79 Å². The highest BCUT2D eigenvalue weighted by Gasteiger charge is 2.24. The third kappa shape index (κ3) is 2.84. The Morgan fingerprint density at radius 3 is 3.07 bits per heavy atom. The van der Waals surface area contributed by atoms with E-state index in [0.29, 0.717) is 12.5 Å². The van der Waals surface area contributed by atoms with Crippen molar-refractivity contribution >= 4 is 5.91 Å². The fraction of sp³-hybridized carbons (Fsp3) is 0.727. The van der Waals surface area contributed by atoms with Crippen molar-refractivity contribution in [3.05, 3.63) is 12.7 Å². The predicted octanol–water partition coefficient (Wildman–Crippen LogP) is 1.16. The van der Waals surface area contributed by atoms with Gasteiger partial charge in [0.25, 0.3) is 0 Å². The van der Waals surface area contributed by atoms with Gasteiger partial charge in [-0.2, -0.15) is 0 Å². The molecule has 0 radical (unpaired) electrons. The Morgan fingerprint density at radius 1 is 1.64 bits per heavy atom. The van der Waals surface area contributed by atoms with E-state index in [1.54, 1.807) is 6.08 Å². The Hall–Kier alpha value is -0.830. The van der Waals surface area contributed by atoms with Crippen LogP contribution >= 0.6 is 0 Å². The molecule has 0 aliphatic carbocycles. The van der Waals surface area contributed by atoms with Crippen molar-refractivity contribution in [2.75, 3.05) is 20.1 Å². The zero-order valence-corrected chi connectivity index (χ0v) is 8.96. The number of amides is 1. The van der Waals surface area contributed by atoms with Gasteiger partial charge in [0, 0.05) is 25.6 Å². The zero-order valence-electron chi connectivity index (χ0n) is 8.96. The second-order valence-corrected chi connectivity index (χ2v) is 3.79. The monoisotopic (exact) mass is 196 g/mol. The second kappa shape index (κ2) is 5.81. The summed E-state index contributed by atoms with van der Waals surface area (Å²) in [6.45, 7) is 5.42. The van der Waals surface area contributed by atoms with Crippen LogP contribution in [0.4, 0.5) is 0 Å². The molecular formula is C11H20N2O. The van der Waals surface area contributed by atoms with Crippen LogP contribution in [0.5, 0.6) is 0 Å². The van der Waals surface area contributed by atoms with Crippen LogP contribution in [0.2, 0.25) is 0 Å². The summed E-state index contributed by atoms with van der Waals surface area (Å²) < 4.78 is 0. The zero-order chi connectivity index (χ0) is 10.4. The van der Waals surface area contributed by atoms with Crippen molar-refractivity contribution in [2.45, 2.75) is 31.7 Å². The van der Waals surface area contributed by atoms with Crippen molar-refractivity contribution < 1.29 is 4.79 Å². The van der Waals surface area contributed by atoms with E-state index in [9.17, 15) is 4.79 Å². The molecule has 0 aromatic rings. The summed E-state index contributed by atoms with van der Waals surface area (Å²) in [7, 11) is 1.94.